The highest BCUT2D eigenvalue weighted by Gasteiger charge is 2.21. The van der Waals surface area contributed by atoms with Crippen molar-refractivity contribution in [2.75, 3.05) is 16.8 Å². The number of thioether (sulfide) groups is 1. The van der Waals surface area contributed by atoms with E-state index in [0.717, 1.165) is 28.8 Å². The SMILES string of the molecule is O=C(Nc1cccc2cccnc12)c1cccnc1O[C@H]1CCSC1. The molecule has 5 nitrogen and oxygen atoms in total. The molecule has 0 aliphatic carbocycles. The average molecular weight is 351 g/mol. The quantitative estimate of drug-likeness (QED) is 0.775. The Balaban J connectivity index is 1.60. The standard InChI is InChI=1S/C19H17N3O2S/c23-18(22-16-7-1-4-13-5-2-9-20-17(13)16)15-6-3-10-21-19(15)24-14-8-11-25-12-14/h1-7,9-10,14H,8,11-12H2,(H,22,23)/t14-/m0/s1. The molecule has 1 aromatic carbocycles. The topological polar surface area (TPSA) is 64.1 Å². The van der Waals surface area contributed by atoms with E-state index >= 15 is 0 Å². The van der Waals surface area contributed by atoms with E-state index in [1.54, 1.807) is 24.5 Å². The van der Waals surface area contributed by atoms with Crippen LogP contribution < -0.4 is 10.1 Å². The summed E-state index contributed by atoms with van der Waals surface area (Å²) in [6.45, 7) is 0. The molecule has 6 heteroatoms. The maximum Gasteiger partial charge on any atom is 0.261 e. The van der Waals surface area contributed by atoms with Crippen molar-refractivity contribution in [3.05, 3.63) is 60.4 Å². The zero-order valence-electron chi connectivity index (χ0n) is 13.5. The van der Waals surface area contributed by atoms with Crippen molar-refractivity contribution in [3.63, 3.8) is 0 Å². The first-order valence-electron chi connectivity index (χ1n) is 8.16. The highest BCUT2D eigenvalue weighted by molar-refractivity contribution is 7.99. The van der Waals surface area contributed by atoms with Crippen molar-refractivity contribution in [2.45, 2.75) is 12.5 Å². The molecule has 1 N–H and O–H groups in total. The third kappa shape index (κ3) is 3.44. The number of hydrogen-bond donors (Lipinski definition) is 1. The number of aromatic nitrogens is 2. The second-order valence-electron chi connectivity index (χ2n) is 5.79. The molecule has 1 aliphatic rings. The molecule has 1 atom stereocenters. The second kappa shape index (κ2) is 7.11. The Morgan fingerprint density at radius 2 is 1.96 bits per heavy atom. The lowest BCUT2D eigenvalue weighted by Crippen LogP contribution is -2.20. The van der Waals surface area contributed by atoms with E-state index < -0.39 is 0 Å². The van der Waals surface area contributed by atoms with Crippen molar-refractivity contribution in [1.82, 2.24) is 9.97 Å². The molecular formula is C19H17N3O2S. The van der Waals surface area contributed by atoms with Crippen LogP contribution in [-0.2, 0) is 0 Å². The Morgan fingerprint density at radius 3 is 2.84 bits per heavy atom. The number of fused-ring (bicyclic) bond motifs is 1. The lowest BCUT2D eigenvalue weighted by atomic mass is 10.2. The van der Waals surface area contributed by atoms with Gasteiger partial charge >= 0.3 is 0 Å². The van der Waals surface area contributed by atoms with E-state index in [1.807, 2.05) is 42.1 Å². The van der Waals surface area contributed by atoms with Crippen LogP contribution in [0.15, 0.2) is 54.9 Å². The summed E-state index contributed by atoms with van der Waals surface area (Å²) < 4.78 is 5.94. The summed E-state index contributed by atoms with van der Waals surface area (Å²) in [6, 6.07) is 13.0. The molecule has 0 unspecified atom stereocenters. The highest BCUT2D eigenvalue weighted by atomic mass is 32.2. The zero-order chi connectivity index (χ0) is 17.1. The van der Waals surface area contributed by atoms with Gasteiger partial charge in [-0.2, -0.15) is 11.8 Å². The predicted octanol–water partition coefficient (Wildman–Crippen LogP) is 3.77. The number of ether oxygens (including phenoxy) is 1. The van der Waals surface area contributed by atoms with Gasteiger partial charge in [0.2, 0.25) is 5.88 Å². The number of nitrogens with zero attached hydrogens (tertiary/aromatic N) is 2. The Hall–Kier alpha value is -2.60. The van der Waals surface area contributed by atoms with Crippen molar-refractivity contribution in [2.24, 2.45) is 0 Å². The van der Waals surface area contributed by atoms with E-state index in [9.17, 15) is 4.79 Å². The fourth-order valence-electron chi connectivity index (χ4n) is 2.82. The molecule has 1 saturated heterocycles. The van der Waals surface area contributed by atoms with Gasteiger partial charge in [-0.1, -0.05) is 18.2 Å². The van der Waals surface area contributed by atoms with Crippen LogP contribution in [0, 0.1) is 0 Å². The number of amides is 1. The molecule has 0 spiro atoms. The van der Waals surface area contributed by atoms with Gasteiger partial charge in [0.05, 0.1) is 11.2 Å². The Labute approximate surface area is 149 Å². The van der Waals surface area contributed by atoms with Gasteiger partial charge in [0, 0.05) is 23.5 Å². The van der Waals surface area contributed by atoms with E-state index in [-0.39, 0.29) is 12.0 Å². The van der Waals surface area contributed by atoms with Gasteiger partial charge in [0.15, 0.2) is 0 Å². The molecule has 0 bridgehead atoms. The summed E-state index contributed by atoms with van der Waals surface area (Å²) in [5.74, 6) is 2.17. The van der Waals surface area contributed by atoms with Crippen LogP contribution >= 0.6 is 11.8 Å². The van der Waals surface area contributed by atoms with E-state index in [0.29, 0.717) is 17.1 Å². The summed E-state index contributed by atoms with van der Waals surface area (Å²) in [4.78, 5) is 21.4. The maximum absolute atomic E-state index is 12.8. The highest BCUT2D eigenvalue weighted by Crippen LogP contribution is 2.26. The van der Waals surface area contributed by atoms with Crippen LogP contribution in [0.4, 0.5) is 5.69 Å². The van der Waals surface area contributed by atoms with Crippen LogP contribution in [0.2, 0.25) is 0 Å². The fourth-order valence-corrected chi connectivity index (χ4v) is 3.91. The number of para-hydroxylation sites is 1. The third-order valence-electron chi connectivity index (χ3n) is 4.06. The van der Waals surface area contributed by atoms with Gasteiger partial charge in [-0.25, -0.2) is 4.98 Å². The van der Waals surface area contributed by atoms with E-state index in [1.165, 1.54) is 0 Å². The van der Waals surface area contributed by atoms with Crippen LogP contribution in [0.3, 0.4) is 0 Å². The smallest absolute Gasteiger partial charge is 0.261 e. The molecule has 1 fully saturated rings. The number of carbonyl (C=O) groups excluding carboxylic acids is 1. The monoisotopic (exact) mass is 351 g/mol. The predicted molar refractivity (Wildman–Crippen MR) is 100 cm³/mol. The molecule has 1 aliphatic heterocycles. The molecule has 0 saturated carbocycles. The molecule has 3 heterocycles. The summed E-state index contributed by atoms with van der Waals surface area (Å²) in [7, 11) is 0. The van der Waals surface area contributed by atoms with Crippen LogP contribution in [0.25, 0.3) is 10.9 Å². The van der Waals surface area contributed by atoms with Gasteiger partial charge in [0.25, 0.3) is 5.91 Å². The fraction of sp³-hybridized carbons (Fsp3) is 0.211. The number of rotatable bonds is 4. The normalized spacial score (nSPS) is 16.7. The number of nitrogens with one attached hydrogen (secondary N) is 1. The molecule has 4 rings (SSSR count). The Kier molecular flexibility index (Phi) is 4.52. The van der Waals surface area contributed by atoms with Crippen LogP contribution in [0.5, 0.6) is 5.88 Å². The second-order valence-corrected chi connectivity index (χ2v) is 6.94. The number of hydrogen-bond acceptors (Lipinski definition) is 5. The lowest BCUT2D eigenvalue weighted by molar-refractivity contribution is 0.101. The third-order valence-corrected chi connectivity index (χ3v) is 5.19. The van der Waals surface area contributed by atoms with Crippen LogP contribution in [0.1, 0.15) is 16.8 Å². The van der Waals surface area contributed by atoms with Crippen molar-refractivity contribution in [1.29, 1.82) is 0 Å². The van der Waals surface area contributed by atoms with Gasteiger partial charge in [-0.05, 0) is 36.4 Å². The van der Waals surface area contributed by atoms with Gasteiger partial charge in [-0.15, -0.1) is 0 Å². The first-order valence-corrected chi connectivity index (χ1v) is 9.31. The largest absolute Gasteiger partial charge is 0.473 e. The van der Waals surface area contributed by atoms with Crippen LogP contribution in [-0.4, -0.2) is 33.5 Å². The number of pyridine rings is 2. The molecule has 3 aromatic rings. The lowest BCUT2D eigenvalue weighted by Gasteiger charge is -2.15. The number of anilines is 1. The van der Waals surface area contributed by atoms with Gasteiger partial charge in [0.1, 0.15) is 11.7 Å². The minimum atomic E-state index is -0.244. The number of carbonyl (C=O) groups is 1. The summed E-state index contributed by atoms with van der Waals surface area (Å²) in [5, 5.41) is 3.92. The summed E-state index contributed by atoms with van der Waals surface area (Å²) in [5.41, 5.74) is 1.87. The molecule has 25 heavy (non-hydrogen) atoms. The van der Waals surface area contributed by atoms with Crippen molar-refractivity contribution >= 4 is 34.3 Å². The molecular weight excluding hydrogens is 334 g/mol. The summed E-state index contributed by atoms with van der Waals surface area (Å²) >= 11 is 1.86. The van der Waals surface area contributed by atoms with E-state index in [4.69, 9.17) is 4.74 Å². The minimum Gasteiger partial charge on any atom is -0.473 e. The number of benzene rings is 1. The Bertz CT molecular complexity index is 905. The Morgan fingerprint density at radius 1 is 1.12 bits per heavy atom. The first-order chi connectivity index (χ1) is 12.3. The zero-order valence-corrected chi connectivity index (χ0v) is 14.3. The minimum absolute atomic E-state index is 0.116. The molecule has 126 valence electrons. The maximum atomic E-state index is 12.8. The average Bonchev–Trinajstić information content (AvgIpc) is 3.15. The van der Waals surface area contributed by atoms with Crippen molar-refractivity contribution < 1.29 is 9.53 Å². The molecule has 1 amide bonds. The molecule has 0 radical (unpaired) electrons. The van der Waals surface area contributed by atoms with E-state index in [2.05, 4.69) is 15.3 Å². The first kappa shape index (κ1) is 15.9. The molecule has 2 aromatic heterocycles. The van der Waals surface area contributed by atoms with Gasteiger partial charge < -0.3 is 10.1 Å². The van der Waals surface area contributed by atoms with Gasteiger partial charge in [-0.3, -0.25) is 9.78 Å². The van der Waals surface area contributed by atoms with Crippen molar-refractivity contribution in [3.8, 4) is 5.88 Å². The summed E-state index contributed by atoms with van der Waals surface area (Å²) in [6.07, 6.45) is 4.46.